The molecule has 0 amide bonds. The fourth-order valence-corrected chi connectivity index (χ4v) is 6.20. The van der Waals surface area contributed by atoms with Crippen molar-refractivity contribution >= 4 is 0 Å². The van der Waals surface area contributed by atoms with Crippen LogP contribution >= 0.6 is 0 Å². The summed E-state index contributed by atoms with van der Waals surface area (Å²) in [6.07, 6.45) is 9.05. The number of aromatic nitrogens is 2. The largest absolute Gasteiger partial charge is 0.302 e. The van der Waals surface area contributed by atoms with Crippen LogP contribution in [0.5, 0.6) is 0 Å². The highest BCUT2D eigenvalue weighted by Crippen LogP contribution is 2.53. The number of hydrogen-bond acceptors (Lipinski definition) is 3. The van der Waals surface area contributed by atoms with E-state index in [-0.39, 0.29) is 11.0 Å². The minimum atomic E-state index is -0.0734. The van der Waals surface area contributed by atoms with Gasteiger partial charge in [0.15, 0.2) is 0 Å². The molecule has 4 nitrogen and oxygen atoms in total. The van der Waals surface area contributed by atoms with Gasteiger partial charge < -0.3 is 4.90 Å². The summed E-state index contributed by atoms with van der Waals surface area (Å²) < 4.78 is 1.61. The molecule has 4 aliphatic rings. The van der Waals surface area contributed by atoms with Crippen LogP contribution in [0.1, 0.15) is 48.9 Å². The number of pyridine rings is 2. The Morgan fingerprint density at radius 2 is 1.68 bits per heavy atom. The Labute approximate surface area is 201 Å². The molecule has 2 aromatic heterocycles. The summed E-state index contributed by atoms with van der Waals surface area (Å²) in [5.74, 6) is 9.64. The summed E-state index contributed by atoms with van der Waals surface area (Å²) >= 11 is 0. The molecule has 3 aromatic rings. The zero-order valence-electron chi connectivity index (χ0n) is 19.6. The van der Waals surface area contributed by atoms with E-state index in [2.05, 4.69) is 47.1 Å². The summed E-state index contributed by atoms with van der Waals surface area (Å²) in [6.45, 7) is 3.61. The molecule has 3 saturated heterocycles. The lowest BCUT2D eigenvalue weighted by molar-refractivity contribution is -0.0502. The number of piperidine rings is 3. The van der Waals surface area contributed by atoms with Crippen molar-refractivity contribution in [1.29, 1.82) is 0 Å². The molecule has 1 aromatic carbocycles. The van der Waals surface area contributed by atoms with Gasteiger partial charge in [-0.15, -0.1) is 0 Å². The first-order valence-corrected chi connectivity index (χ1v) is 12.7. The van der Waals surface area contributed by atoms with Gasteiger partial charge in [0.2, 0.25) is 0 Å². The molecule has 0 spiro atoms. The Morgan fingerprint density at radius 3 is 2.35 bits per heavy atom. The predicted octanol–water partition coefficient (Wildman–Crippen LogP) is 4.69. The molecule has 1 saturated carbocycles. The van der Waals surface area contributed by atoms with Crippen molar-refractivity contribution in [2.45, 2.75) is 38.5 Å². The Hall–Kier alpha value is -3.16. The van der Waals surface area contributed by atoms with Crippen LogP contribution in [0.25, 0.3) is 5.82 Å². The van der Waals surface area contributed by atoms with Crippen molar-refractivity contribution < 1.29 is 0 Å². The van der Waals surface area contributed by atoms with Gasteiger partial charge in [0, 0.05) is 30.8 Å². The maximum absolute atomic E-state index is 12.4. The van der Waals surface area contributed by atoms with Crippen molar-refractivity contribution in [3.05, 3.63) is 94.0 Å². The van der Waals surface area contributed by atoms with Gasteiger partial charge in [0.25, 0.3) is 5.56 Å². The first kappa shape index (κ1) is 21.4. The van der Waals surface area contributed by atoms with Crippen LogP contribution in [-0.4, -0.2) is 34.1 Å². The minimum absolute atomic E-state index is 0.0734. The van der Waals surface area contributed by atoms with Crippen molar-refractivity contribution in [2.75, 3.05) is 19.6 Å². The minimum Gasteiger partial charge on any atom is -0.302 e. The second-order valence-electron chi connectivity index (χ2n) is 10.2. The Bertz CT molecular complexity index is 1290. The van der Waals surface area contributed by atoms with Crippen molar-refractivity contribution in [1.82, 2.24) is 14.5 Å². The molecule has 7 rings (SSSR count). The molecule has 172 valence electrons. The predicted molar refractivity (Wildman–Crippen MR) is 135 cm³/mol. The van der Waals surface area contributed by atoms with E-state index in [0.29, 0.717) is 12.2 Å². The lowest BCUT2D eigenvalue weighted by atomic mass is 9.55. The third-order valence-corrected chi connectivity index (χ3v) is 8.31. The summed E-state index contributed by atoms with van der Waals surface area (Å²) in [7, 11) is 0. The SMILES string of the molecule is O=c1ccccn1-c1ccc(C#CC2(C3CCC3)CN3CCC2CC3)c(Cc2ccccc2)n1. The van der Waals surface area contributed by atoms with Gasteiger partial charge in [-0.2, -0.15) is 0 Å². The van der Waals surface area contributed by atoms with Gasteiger partial charge in [-0.3, -0.25) is 9.36 Å². The van der Waals surface area contributed by atoms with E-state index in [4.69, 9.17) is 4.98 Å². The molecule has 4 fully saturated rings. The summed E-state index contributed by atoms with van der Waals surface area (Å²) in [6, 6.07) is 19.6. The van der Waals surface area contributed by atoms with Gasteiger partial charge in [0.05, 0.1) is 11.1 Å². The van der Waals surface area contributed by atoms with Crippen LogP contribution < -0.4 is 5.56 Å². The number of rotatable bonds is 4. The van der Waals surface area contributed by atoms with Gasteiger partial charge in [-0.1, -0.05) is 54.7 Å². The molecular weight excluding hydrogens is 418 g/mol. The van der Waals surface area contributed by atoms with E-state index in [9.17, 15) is 4.79 Å². The Balaban J connectivity index is 1.42. The average molecular weight is 450 g/mol. The summed E-state index contributed by atoms with van der Waals surface area (Å²) in [5, 5.41) is 0. The molecule has 34 heavy (non-hydrogen) atoms. The third kappa shape index (κ3) is 3.89. The monoisotopic (exact) mass is 449 g/mol. The first-order valence-electron chi connectivity index (χ1n) is 12.7. The molecule has 2 bridgehead atoms. The van der Waals surface area contributed by atoms with Gasteiger partial charge >= 0.3 is 0 Å². The molecule has 0 N–H and O–H groups in total. The molecule has 5 heterocycles. The molecule has 3 aliphatic heterocycles. The highest BCUT2D eigenvalue weighted by molar-refractivity contribution is 5.45. The zero-order chi connectivity index (χ0) is 23.0. The van der Waals surface area contributed by atoms with Crippen LogP contribution in [0.3, 0.4) is 0 Å². The van der Waals surface area contributed by atoms with Crippen molar-refractivity contribution in [2.24, 2.45) is 17.3 Å². The topological polar surface area (TPSA) is 38.1 Å². The fraction of sp³-hybridized carbons (Fsp3) is 0.400. The smallest absolute Gasteiger partial charge is 0.256 e. The fourth-order valence-electron chi connectivity index (χ4n) is 6.20. The lowest BCUT2D eigenvalue weighted by Gasteiger charge is -2.56. The van der Waals surface area contributed by atoms with Crippen molar-refractivity contribution in [3.8, 4) is 17.7 Å². The highest BCUT2D eigenvalue weighted by atomic mass is 16.1. The first-order chi connectivity index (χ1) is 16.7. The normalized spacial score (nSPS) is 25.9. The Morgan fingerprint density at radius 1 is 0.912 bits per heavy atom. The summed E-state index contributed by atoms with van der Waals surface area (Å²) in [4.78, 5) is 20.0. The molecule has 1 atom stereocenters. The lowest BCUT2D eigenvalue weighted by Crippen LogP contribution is -2.58. The maximum atomic E-state index is 12.4. The molecule has 1 unspecified atom stereocenters. The molecule has 1 aliphatic carbocycles. The van der Waals surface area contributed by atoms with Gasteiger partial charge in [0.1, 0.15) is 5.82 Å². The van der Waals surface area contributed by atoms with Crippen LogP contribution in [-0.2, 0) is 6.42 Å². The van der Waals surface area contributed by atoms with Crippen LogP contribution in [0.2, 0.25) is 0 Å². The molecular formula is C30H31N3O. The second kappa shape index (κ2) is 8.89. The zero-order valence-corrected chi connectivity index (χ0v) is 19.6. The quantitative estimate of drug-likeness (QED) is 0.543. The van der Waals surface area contributed by atoms with Gasteiger partial charge in [-0.05, 0) is 74.4 Å². The summed E-state index contributed by atoms with van der Waals surface area (Å²) in [5.41, 5.74) is 3.19. The van der Waals surface area contributed by atoms with E-state index < -0.39 is 0 Å². The number of hydrogen-bond donors (Lipinski definition) is 0. The average Bonchev–Trinajstić information content (AvgIpc) is 2.84. The number of fused-ring (bicyclic) bond motifs is 3. The second-order valence-corrected chi connectivity index (χ2v) is 10.2. The van der Waals surface area contributed by atoms with E-state index in [1.807, 2.05) is 18.2 Å². The van der Waals surface area contributed by atoms with Crippen LogP contribution in [0.4, 0.5) is 0 Å². The van der Waals surface area contributed by atoms with Crippen molar-refractivity contribution in [3.63, 3.8) is 0 Å². The van der Waals surface area contributed by atoms with Gasteiger partial charge in [-0.25, -0.2) is 4.98 Å². The van der Waals surface area contributed by atoms with E-state index in [0.717, 1.165) is 29.6 Å². The third-order valence-electron chi connectivity index (χ3n) is 8.31. The highest BCUT2D eigenvalue weighted by Gasteiger charge is 2.51. The molecule has 4 heteroatoms. The van der Waals surface area contributed by atoms with Crippen LogP contribution in [0, 0.1) is 29.1 Å². The standard InChI is InChI=1S/C30H31N3O/c34-29-11-4-5-18-33(29)28-13-12-24(27(31-28)21-23-7-2-1-3-8-23)14-17-30(25-9-6-10-25)22-32-19-15-26(30)16-20-32/h1-5,7-8,11-13,18,25-26H,6,9-10,15-16,19-22H2. The number of benzene rings is 1. The van der Waals surface area contributed by atoms with E-state index in [1.54, 1.807) is 22.9 Å². The van der Waals surface area contributed by atoms with E-state index >= 15 is 0 Å². The van der Waals surface area contributed by atoms with E-state index in [1.165, 1.54) is 50.8 Å². The van der Waals surface area contributed by atoms with Crippen LogP contribution in [0.15, 0.2) is 71.7 Å². The Kier molecular flexibility index (Phi) is 5.59. The maximum Gasteiger partial charge on any atom is 0.256 e. The molecule has 0 radical (unpaired) electrons. The number of nitrogens with zero attached hydrogens (tertiary/aromatic N) is 3.